The molecule has 2 aromatic rings. The van der Waals surface area contributed by atoms with Crippen molar-refractivity contribution in [1.29, 1.82) is 0 Å². The Labute approximate surface area is 109 Å². The zero-order valence-corrected chi connectivity index (χ0v) is 11.4. The molecule has 0 spiro atoms. The summed E-state index contributed by atoms with van der Waals surface area (Å²) in [6.45, 7) is 2.21. The van der Waals surface area contributed by atoms with E-state index in [0.717, 1.165) is 12.2 Å². The van der Waals surface area contributed by atoms with Gasteiger partial charge in [0.2, 0.25) is 0 Å². The van der Waals surface area contributed by atoms with Crippen molar-refractivity contribution in [3.8, 4) is 0 Å². The summed E-state index contributed by atoms with van der Waals surface area (Å²) in [6.07, 6.45) is 6.13. The van der Waals surface area contributed by atoms with Gasteiger partial charge in [-0.2, -0.15) is 0 Å². The maximum atomic E-state index is 4.44. The van der Waals surface area contributed by atoms with E-state index in [4.69, 9.17) is 0 Å². The highest BCUT2D eigenvalue weighted by Gasteiger charge is 2.16. The number of rotatable bonds is 5. The molecule has 1 aromatic heterocycles. The van der Waals surface area contributed by atoms with Gasteiger partial charge in [-0.15, -0.1) is 0 Å². The van der Waals surface area contributed by atoms with Gasteiger partial charge in [0.25, 0.3) is 0 Å². The van der Waals surface area contributed by atoms with Crippen LogP contribution in [0.4, 0.5) is 0 Å². The van der Waals surface area contributed by atoms with Gasteiger partial charge < -0.3 is 9.88 Å². The minimum absolute atomic E-state index is 0.154. The first kappa shape index (κ1) is 12.8. The first-order chi connectivity index (χ1) is 8.76. The second kappa shape index (κ2) is 5.83. The summed E-state index contributed by atoms with van der Waals surface area (Å²) in [5.74, 6) is 1.05. The molecule has 3 nitrogen and oxygen atoms in total. The molecule has 1 atom stereocenters. The fourth-order valence-corrected chi connectivity index (χ4v) is 2.32. The third-order valence-electron chi connectivity index (χ3n) is 3.23. The van der Waals surface area contributed by atoms with Gasteiger partial charge in [0, 0.05) is 19.4 Å². The van der Waals surface area contributed by atoms with Crippen molar-refractivity contribution < 1.29 is 0 Å². The van der Waals surface area contributed by atoms with Gasteiger partial charge in [-0.25, -0.2) is 4.98 Å². The monoisotopic (exact) mass is 243 g/mol. The van der Waals surface area contributed by atoms with Gasteiger partial charge in [0.15, 0.2) is 0 Å². The number of nitrogens with zero attached hydrogens (tertiary/aromatic N) is 2. The molecule has 0 radical (unpaired) electrons. The average molecular weight is 243 g/mol. The van der Waals surface area contributed by atoms with Crippen LogP contribution in [0.2, 0.25) is 0 Å². The quantitative estimate of drug-likeness (QED) is 0.875. The molecule has 0 bridgehead atoms. The van der Waals surface area contributed by atoms with Crippen LogP contribution < -0.4 is 5.32 Å². The normalized spacial score (nSPS) is 12.6. The molecule has 0 aliphatic rings. The van der Waals surface area contributed by atoms with E-state index >= 15 is 0 Å². The standard InChI is InChI=1S/C15H21N3/c1-4-6-12-7-5-8-13(11-12)14(16-2)15-17-9-10-18(15)3/h5,7-11,14,16H,4,6H2,1-3H3. The molecule has 0 saturated heterocycles. The Morgan fingerprint density at radius 2 is 2.22 bits per heavy atom. The van der Waals surface area contributed by atoms with Crippen molar-refractivity contribution in [2.75, 3.05) is 7.05 Å². The lowest BCUT2D eigenvalue weighted by atomic mass is 10.0. The number of aryl methyl sites for hydroxylation is 2. The summed E-state index contributed by atoms with van der Waals surface area (Å²) >= 11 is 0. The van der Waals surface area contributed by atoms with Gasteiger partial charge >= 0.3 is 0 Å². The second-order valence-electron chi connectivity index (χ2n) is 4.61. The van der Waals surface area contributed by atoms with Crippen LogP contribution in [0.15, 0.2) is 36.7 Å². The molecule has 1 unspecified atom stereocenters. The van der Waals surface area contributed by atoms with E-state index in [1.807, 2.05) is 26.5 Å². The number of nitrogens with one attached hydrogen (secondary N) is 1. The van der Waals surface area contributed by atoms with E-state index < -0.39 is 0 Å². The molecule has 1 heterocycles. The first-order valence-corrected chi connectivity index (χ1v) is 6.49. The summed E-state index contributed by atoms with van der Waals surface area (Å²) in [6, 6.07) is 8.92. The smallest absolute Gasteiger partial charge is 0.130 e. The Balaban J connectivity index is 2.33. The molecule has 1 aromatic carbocycles. The van der Waals surface area contributed by atoms with Crippen LogP contribution >= 0.6 is 0 Å². The van der Waals surface area contributed by atoms with Gasteiger partial charge in [-0.05, 0) is 24.6 Å². The lowest BCUT2D eigenvalue weighted by Crippen LogP contribution is -2.21. The fraction of sp³-hybridized carbons (Fsp3) is 0.400. The third kappa shape index (κ3) is 2.62. The topological polar surface area (TPSA) is 29.9 Å². The molecule has 2 rings (SSSR count). The van der Waals surface area contributed by atoms with Crippen molar-refractivity contribution in [3.05, 3.63) is 53.6 Å². The molecular formula is C15H21N3. The first-order valence-electron chi connectivity index (χ1n) is 6.49. The number of hydrogen-bond donors (Lipinski definition) is 1. The van der Waals surface area contributed by atoms with Crippen LogP contribution in [0.3, 0.4) is 0 Å². The van der Waals surface area contributed by atoms with Crippen LogP contribution in [0, 0.1) is 0 Å². The Morgan fingerprint density at radius 3 is 2.83 bits per heavy atom. The van der Waals surface area contributed by atoms with Crippen molar-refractivity contribution in [3.63, 3.8) is 0 Å². The van der Waals surface area contributed by atoms with E-state index in [-0.39, 0.29) is 6.04 Å². The summed E-state index contributed by atoms with van der Waals surface area (Å²) < 4.78 is 2.06. The zero-order chi connectivity index (χ0) is 13.0. The number of hydrogen-bond acceptors (Lipinski definition) is 2. The largest absolute Gasteiger partial charge is 0.336 e. The molecule has 1 N–H and O–H groups in total. The average Bonchev–Trinajstić information content (AvgIpc) is 2.78. The minimum atomic E-state index is 0.154. The molecule has 0 aliphatic carbocycles. The van der Waals surface area contributed by atoms with Crippen molar-refractivity contribution in [1.82, 2.24) is 14.9 Å². The zero-order valence-electron chi connectivity index (χ0n) is 11.4. The highest BCUT2D eigenvalue weighted by atomic mass is 15.1. The van der Waals surface area contributed by atoms with Gasteiger partial charge in [0.1, 0.15) is 5.82 Å². The number of imidazole rings is 1. The Bertz CT molecular complexity index is 502. The van der Waals surface area contributed by atoms with Gasteiger partial charge in [0.05, 0.1) is 6.04 Å². The molecular weight excluding hydrogens is 222 g/mol. The van der Waals surface area contributed by atoms with Crippen molar-refractivity contribution in [2.45, 2.75) is 25.8 Å². The van der Waals surface area contributed by atoms with E-state index in [1.165, 1.54) is 17.5 Å². The van der Waals surface area contributed by atoms with Crippen LogP contribution in [0.25, 0.3) is 0 Å². The summed E-state index contributed by atoms with van der Waals surface area (Å²) in [5.41, 5.74) is 2.67. The lowest BCUT2D eigenvalue weighted by molar-refractivity contribution is 0.616. The van der Waals surface area contributed by atoms with Crippen molar-refractivity contribution in [2.24, 2.45) is 7.05 Å². The molecule has 0 fully saturated rings. The van der Waals surface area contributed by atoms with Gasteiger partial charge in [-0.1, -0.05) is 37.6 Å². The molecule has 0 saturated carbocycles. The Hall–Kier alpha value is -1.61. The van der Waals surface area contributed by atoms with Crippen LogP contribution in [0.1, 0.15) is 36.3 Å². The number of benzene rings is 1. The van der Waals surface area contributed by atoms with Crippen LogP contribution in [-0.2, 0) is 13.5 Å². The van der Waals surface area contributed by atoms with Gasteiger partial charge in [-0.3, -0.25) is 0 Å². The third-order valence-corrected chi connectivity index (χ3v) is 3.23. The van der Waals surface area contributed by atoms with Crippen LogP contribution in [-0.4, -0.2) is 16.6 Å². The summed E-state index contributed by atoms with van der Waals surface area (Å²) in [7, 11) is 4.01. The molecule has 0 aliphatic heterocycles. The lowest BCUT2D eigenvalue weighted by Gasteiger charge is -2.17. The molecule has 18 heavy (non-hydrogen) atoms. The Morgan fingerprint density at radius 1 is 1.39 bits per heavy atom. The SMILES string of the molecule is CCCc1cccc(C(NC)c2nccn2C)c1. The van der Waals surface area contributed by atoms with E-state index in [2.05, 4.69) is 46.1 Å². The summed E-state index contributed by atoms with van der Waals surface area (Å²) in [5, 5.41) is 3.35. The highest BCUT2D eigenvalue weighted by Crippen LogP contribution is 2.21. The maximum Gasteiger partial charge on any atom is 0.130 e. The second-order valence-corrected chi connectivity index (χ2v) is 4.61. The molecule has 96 valence electrons. The maximum absolute atomic E-state index is 4.44. The molecule has 3 heteroatoms. The molecule has 0 amide bonds. The Kier molecular flexibility index (Phi) is 4.15. The van der Waals surface area contributed by atoms with Crippen LogP contribution in [0.5, 0.6) is 0 Å². The fourth-order valence-electron chi connectivity index (χ4n) is 2.32. The van der Waals surface area contributed by atoms with E-state index in [0.29, 0.717) is 0 Å². The predicted molar refractivity (Wildman–Crippen MR) is 74.5 cm³/mol. The summed E-state index contributed by atoms with van der Waals surface area (Å²) in [4.78, 5) is 4.44. The van der Waals surface area contributed by atoms with E-state index in [1.54, 1.807) is 0 Å². The minimum Gasteiger partial charge on any atom is -0.336 e. The number of aromatic nitrogens is 2. The van der Waals surface area contributed by atoms with Crippen molar-refractivity contribution >= 4 is 0 Å². The van der Waals surface area contributed by atoms with E-state index in [9.17, 15) is 0 Å². The highest BCUT2D eigenvalue weighted by molar-refractivity contribution is 5.30. The predicted octanol–water partition coefficient (Wildman–Crippen LogP) is 2.68.